The SMILES string of the molecule is CCOCCCN1CNC(C)(CC)C1=O. The van der Waals surface area contributed by atoms with E-state index in [1.165, 1.54) is 0 Å². The van der Waals surface area contributed by atoms with Crippen LogP contribution in [-0.4, -0.2) is 42.8 Å². The highest BCUT2D eigenvalue weighted by Crippen LogP contribution is 2.18. The van der Waals surface area contributed by atoms with Crippen LogP contribution in [0.3, 0.4) is 0 Å². The number of amides is 1. The molecule has 0 aliphatic carbocycles. The molecule has 0 spiro atoms. The van der Waals surface area contributed by atoms with Crippen molar-refractivity contribution in [2.75, 3.05) is 26.4 Å². The van der Waals surface area contributed by atoms with Crippen molar-refractivity contribution in [2.24, 2.45) is 0 Å². The Bertz CT molecular complexity index is 221. The van der Waals surface area contributed by atoms with Crippen LogP contribution in [0.15, 0.2) is 0 Å². The maximum Gasteiger partial charge on any atom is 0.243 e. The number of nitrogens with zero attached hydrogens (tertiary/aromatic N) is 1. The Kier molecular flexibility index (Phi) is 4.54. The summed E-state index contributed by atoms with van der Waals surface area (Å²) in [6.07, 6.45) is 1.76. The second-order valence-corrected chi connectivity index (χ2v) is 4.14. The summed E-state index contributed by atoms with van der Waals surface area (Å²) < 4.78 is 5.25. The molecule has 0 saturated carbocycles. The zero-order chi connectivity index (χ0) is 11.3. The van der Waals surface area contributed by atoms with Crippen molar-refractivity contribution in [2.45, 2.75) is 39.2 Å². The van der Waals surface area contributed by atoms with Gasteiger partial charge in [-0.15, -0.1) is 0 Å². The predicted molar refractivity (Wildman–Crippen MR) is 59.5 cm³/mol. The topological polar surface area (TPSA) is 41.6 Å². The lowest BCUT2D eigenvalue weighted by atomic mass is 9.99. The van der Waals surface area contributed by atoms with E-state index in [1.54, 1.807) is 0 Å². The predicted octanol–water partition coefficient (Wildman–Crippen LogP) is 0.971. The zero-order valence-electron chi connectivity index (χ0n) is 10.0. The Morgan fingerprint density at radius 3 is 2.80 bits per heavy atom. The Hall–Kier alpha value is -0.610. The monoisotopic (exact) mass is 214 g/mol. The highest BCUT2D eigenvalue weighted by Gasteiger charge is 2.40. The third-order valence-electron chi connectivity index (χ3n) is 3.05. The van der Waals surface area contributed by atoms with Crippen LogP contribution in [0.4, 0.5) is 0 Å². The van der Waals surface area contributed by atoms with Crippen molar-refractivity contribution in [3.8, 4) is 0 Å². The van der Waals surface area contributed by atoms with Crippen molar-refractivity contribution in [3.05, 3.63) is 0 Å². The average molecular weight is 214 g/mol. The normalized spacial score (nSPS) is 26.3. The van der Waals surface area contributed by atoms with Crippen LogP contribution in [0.2, 0.25) is 0 Å². The molecule has 15 heavy (non-hydrogen) atoms. The number of hydrogen-bond acceptors (Lipinski definition) is 3. The number of carbonyl (C=O) groups excluding carboxylic acids is 1. The van der Waals surface area contributed by atoms with Gasteiger partial charge in [0.15, 0.2) is 0 Å². The number of hydrogen-bond donors (Lipinski definition) is 1. The van der Waals surface area contributed by atoms with Gasteiger partial charge in [-0.2, -0.15) is 0 Å². The summed E-state index contributed by atoms with van der Waals surface area (Å²) in [7, 11) is 0. The van der Waals surface area contributed by atoms with Gasteiger partial charge in [-0.3, -0.25) is 10.1 Å². The quantitative estimate of drug-likeness (QED) is 0.670. The lowest BCUT2D eigenvalue weighted by molar-refractivity contribution is -0.132. The van der Waals surface area contributed by atoms with E-state index >= 15 is 0 Å². The van der Waals surface area contributed by atoms with E-state index < -0.39 is 0 Å². The van der Waals surface area contributed by atoms with Crippen molar-refractivity contribution in [1.82, 2.24) is 10.2 Å². The molecule has 1 rings (SSSR count). The molecule has 0 aromatic rings. The molecular weight excluding hydrogens is 192 g/mol. The average Bonchev–Trinajstić information content (AvgIpc) is 2.53. The standard InChI is InChI=1S/C11H22N2O2/c1-4-11(3)10(14)13(9-12-11)7-6-8-15-5-2/h12H,4-9H2,1-3H3. The molecule has 1 aliphatic rings. The Morgan fingerprint density at radius 1 is 1.53 bits per heavy atom. The van der Waals surface area contributed by atoms with Gasteiger partial charge in [0.2, 0.25) is 5.91 Å². The van der Waals surface area contributed by atoms with Crippen molar-refractivity contribution >= 4 is 5.91 Å². The van der Waals surface area contributed by atoms with Crippen molar-refractivity contribution in [1.29, 1.82) is 0 Å². The third kappa shape index (κ3) is 2.92. The molecule has 1 fully saturated rings. The molecule has 0 aromatic heterocycles. The summed E-state index contributed by atoms with van der Waals surface area (Å²) >= 11 is 0. The molecule has 1 amide bonds. The van der Waals surface area contributed by atoms with Crippen LogP contribution < -0.4 is 5.32 Å². The van der Waals surface area contributed by atoms with Crippen LogP contribution in [0.1, 0.15) is 33.6 Å². The highest BCUT2D eigenvalue weighted by atomic mass is 16.5. The molecule has 0 aromatic carbocycles. The molecule has 4 heteroatoms. The van der Waals surface area contributed by atoms with Crippen LogP contribution in [0.5, 0.6) is 0 Å². The van der Waals surface area contributed by atoms with E-state index in [2.05, 4.69) is 5.32 Å². The van der Waals surface area contributed by atoms with Gasteiger partial charge in [-0.25, -0.2) is 0 Å². The minimum Gasteiger partial charge on any atom is -0.382 e. The van der Waals surface area contributed by atoms with E-state index in [0.717, 1.165) is 32.6 Å². The summed E-state index contributed by atoms with van der Waals surface area (Å²) in [5.74, 6) is 0.224. The summed E-state index contributed by atoms with van der Waals surface area (Å²) in [6, 6.07) is 0. The molecule has 1 aliphatic heterocycles. The second-order valence-electron chi connectivity index (χ2n) is 4.14. The van der Waals surface area contributed by atoms with Gasteiger partial charge in [0.1, 0.15) is 0 Å². The maximum absolute atomic E-state index is 11.9. The minimum absolute atomic E-state index is 0.224. The molecule has 88 valence electrons. The molecule has 0 radical (unpaired) electrons. The lowest BCUT2D eigenvalue weighted by Crippen LogP contribution is -2.43. The van der Waals surface area contributed by atoms with Gasteiger partial charge < -0.3 is 9.64 Å². The van der Waals surface area contributed by atoms with Crippen molar-refractivity contribution in [3.63, 3.8) is 0 Å². The van der Waals surface area contributed by atoms with Crippen molar-refractivity contribution < 1.29 is 9.53 Å². The molecule has 0 bridgehead atoms. The maximum atomic E-state index is 11.9. The lowest BCUT2D eigenvalue weighted by Gasteiger charge is -2.20. The van der Waals surface area contributed by atoms with Gasteiger partial charge in [0.25, 0.3) is 0 Å². The molecule has 1 atom stereocenters. The summed E-state index contributed by atoms with van der Waals surface area (Å²) in [6.45, 7) is 8.95. The molecule has 1 saturated heterocycles. The zero-order valence-corrected chi connectivity index (χ0v) is 10.0. The fourth-order valence-corrected chi connectivity index (χ4v) is 1.72. The third-order valence-corrected chi connectivity index (χ3v) is 3.05. The summed E-state index contributed by atoms with van der Waals surface area (Å²) in [5.41, 5.74) is -0.342. The largest absolute Gasteiger partial charge is 0.382 e. The first kappa shape index (κ1) is 12.5. The first-order valence-electron chi connectivity index (χ1n) is 5.76. The summed E-state index contributed by atoms with van der Waals surface area (Å²) in [5, 5.41) is 3.26. The first-order chi connectivity index (χ1) is 7.14. The Morgan fingerprint density at radius 2 is 2.27 bits per heavy atom. The van der Waals surface area contributed by atoms with Gasteiger partial charge in [-0.1, -0.05) is 6.92 Å². The van der Waals surface area contributed by atoms with Crippen LogP contribution in [0, 0.1) is 0 Å². The smallest absolute Gasteiger partial charge is 0.243 e. The van der Waals surface area contributed by atoms with Gasteiger partial charge in [-0.05, 0) is 26.7 Å². The Labute approximate surface area is 92.0 Å². The van der Waals surface area contributed by atoms with Crippen LogP contribution >= 0.6 is 0 Å². The van der Waals surface area contributed by atoms with Gasteiger partial charge >= 0.3 is 0 Å². The van der Waals surface area contributed by atoms with E-state index in [4.69, 9.17) is 4.74 Å². The fourth-order valence-electron chi connectivity index (χ4n) is 1.72. The Balaban J connectivity index is 2.30. The van der Waals surface area contributed by atoms with E-state index in [0.29, 0.717) is 6.67 Å². The van der Waals surface area contributed by atoms with Gasteiger partial charge in [0, 0.05) is 19.8 Å². The van der Waals surface area contributed by atoms with Crippen LogP contribution in [-0.2, 0) is 9.53 Å². The molecule has 1 heterocycles. The molecular formula is C11H22N2O2. The number of nitrogens with one attached hydrogen (secondary N) is 1. The van der Waals surface area contributed by atoms with E-state index in [-0.39, 0.29) is 11.4 Å². The number of rotatable bonds is 6. The van der Waals surface area contributed by atoms with E-state index in [9.17, 15) is 4.79 Å². The fraction of sp³-hybridized carbons (Fsp3) is 0.909. The highest BCUT2D eigenvalue weighted by molar-refractivity contribution is 5.87. The van der Waals surface area contributed by atoms with Crippen LogP contribution in [0.25, 0.3) is 0 Å². The first-order valence-corrected chi connectivity index (χ1v) is 5.76. The second kappa shape index (κ2) is 5.47. The number of carbonyl (C=O) groups is 1. The minimum atomic E-state index is -0.342. The van der Waals surface area contributed by atoms with Gasteiger partial charge in [0.05, 0.1) is 12.2 Å². The summed E-state index contributed by atoms with van der Waals surface area (Å²) in [4.78, 5) is 13.8. The molecule has 1 unspecified atom stereocenters. The molecule has 4 nitrogen and oxygen atoms in total. The molecule has 1 N–H and O–H groups in total. The van der Waals surface area contributed by atoms with E-state index in [1.807, 2.05) is 25.7 Å². The number of ether oxygens (including phenoxy) is 1.